The van der Waals surface area contributed by atoms with Gasteiger partial charge in [0.25, 0.3) is 0 Å². The zero-order valence-electron chi connectivity index (χ0n) is 9.95. The first-order valence-corrected chi connectivity index (χ1v) is 7.00. The average Bonchev–Trinajstić information content (AvgIpc) is 2.87. The van der Waals surface area contributed by atoms with Crippen LogP contribution in [0.1, 0.15) is 5.56 Å². The lowest BCUT2D eigenvalue weighted by atomic mass is 10.1. The fourth-order valence-electron chi connectivity index (χ4n) is 1.96. The minimum Gasteiger partial charge on any atom is -0.378 e. The SMILES string of the molecule is Clc1ncc(Br)cc1NCc1ccc2[nH]ccc2c1. The minimum absolute atomic E-state index is 0.478. The second-order valence-corrected chi connectivity index (χ2v) is 5.52. The average molecular weight is 337 g/mol. The molecule has 0 saturated carbocycles. The molecule has 0 aliphatic carbocycles. The van der Waals surface area contributed by atoms with E-state index in [1.54, 1.807) is 6.20 Å². The van der Waals surface area contributed by atoms with Gasteiger partial charge >= 0.3 is 0 Å². The molecular formula is C14H11BrClN3. The van der Waals surface area contributed by atoms with Crippen LogP contribution in [0.4, 0.5) is 5.69 Å². The van der Waals surface area contributed by atoms with Gasteiger partial charge in [-0.05, 0) is 51.1 Å². The summed E-state index contributed by atoms with van der Waals surface area (Å²) in [4.78, 5) is 7.26. The zero-order chi connectivity index (χ0) is 13.2. The van der Waals surface area contributed by atoms with E-state index in [0.717, 1.165) is 15.7 Å². The number of aromatic amines is 1. The summed E-state index contributed by atoms with van der Waals surface area (Å²) in [6.45, 7) is 0.707. The van der Waals surface area contributed by atoms with Crippen LogP contribution in [0.2, 0.25) is 5.15 Å². The first kappa shape index (κ1) is 12.5. The molecule has 3 rings (SSSR count). The maximum absolute atomic E-state index is 6.04. The molecule has 5 heteroatoms. The summed E-state index contributed by atoms with van der Waals surface area (Å²) in [5.41, 5.74) is 3.17. The van der Waals surface area contributed by atoms with E-state index in [-0.39, 0.29) is 0 Å². The summed E-state index contributed by atoms with van der Waals surface area (Å²) in [6, 6.07) is 10.3. The van der Waals surface area contributed by atoms with E-state index in [2.05, 4.69) is 55.5 Å². The van der Waals surface area contributed by atoms with Gasteiger partial charge < -0.3 is 10.3 Å². The number of H-pyrrole nitrogens is 1. The molecule has 0 aliphatic rings. The van der Waals surface area contributed by atoms with Crippen molar-refractivity contribution < 1.29 is 0 Å². The summed E-state index contributed by atoms with van der Waals surface area (Å²) in [6.07, 6.45) is 3.62. The molecule has 2 heterocycles. The predicted molar refractivity (Wildman–Crippen MR) is 82.6 cm³/mol. The zero-order valence-corrected chi connectivity index (χ0v) is 12.3. The van der Waals surface area contributed by atoms with Crippen LogP contribution < -0.4 is 5.32 Å². The molecule has 0 radical (unpaired) electrons. The van der Waals surface area contributed by atoms with E-state index in [9.17, 15) is 0 Å². The smallest absolute Gasteiger partial charge is 0.152 e. The predicted octanol–water partition coefficient (Wildman–Crippen LogP) is 4.59. The van der Waals surface area contributed by atoms with E-state index >= 15 is 0 Å². The van der Waals surface area contributed by atoms with E-state index in [4.69, 9.17) is 11.6 Å². The molecule has 1 aromatic carbocycles. The molecule has 19 heavy (non-hydrogen) atoms. The maximum Gasteiger partial charge on any atom is 0.152 e. The van der Waals surface area contributed by atoms with Gasteiger partial charge in [0.1, 0.15) is 0 Å². The number of halogens is 2. The molecule has 0 spiro atoms. The van der Waals surface area contributed by atoms with Crippen LogP contribution in [0.3, 0.4) is 0 Å². The number of nitrogens with zero attached hydrogens (tertiary/aromatic N) is 1. The molecular weight excluding hydrogens is 326 g/mol. The molecule has 96 valence electrons. The lowest BCUT2D eigenvalue weighted by molar-refractivity contribution is 1.14. The summed E-state index contributed by atoms with van der Waals surface area (Å²) >= 11 is 9.43. The van der Waals surface area contributed by atoms with Gasteiger partial charge in [0, 0.05) is 28.9 Å². The highest BCUT2D eigenvalue weighted by Gasteiger charge is 2.03. The molecule has 0 saturated heterocycles. The number of hydrogen-bond acceptors (Lipinski definition) is 2. The van der Waals surface area contributed by atoms with E-state index in [0.29, 0.717) is 11.7 Å². The molecule has 0 amide bonds. The largest absolute Gasteiger partial charge is 0.378 e. The van der Waals surface area contributed by atoms with E-state index in [1.807, 2.05) is 12.3 Å². The number of nitrogens with one attached hydrogen (secondary N) is 2. The standard InChI is InChI=1S/C14H11BrClN3/c15-11-6-13(14(16)19-8-11)18-7-9-1-2-12-10(5-9)3-4-17-12/h1-6,8,17-18H,7H2. The summed E-state index contributed by atoms with van der Waals surface area (Å²) in [5, 5.41) is 4.98. The number of pyridine rings is 1. The van der Waals surface area contributed by atoms with Crippen LogP contribution in [0.5, 0.6) is 0 Å². The first-order valence-electron chi connectivity index (χ1n) is 5.83. The Balaban J connectivity index is 1.79. The Bertz CT molecular complexity index is 724. The molecule has 3 nitrogen and oxygen atoms in total. The van der Waals surface area contributed by atoms with Gasteiger partial charge in [0.05, 0.1) is 5.69 Å². The van der Waals surface area contributed by atoms with E-state index in [1.165, 1.54) is 10.9 Å². The van der Waals surface area contributed by atoms with Gasteiger partial charge in [-0.1, -0.05) is 17.7 Å². The minimum atomic E-state index is 0.478. The van der Waals surface area contributed by atoms with Crippen LogP contribution in [0.15, 0.2) is 47.2 Å². The monoisotopic (exact) mass is 335 g/mol. The van der Waals surface area contributed by atoms with Crippen molar-refractivity contribution in [2.75, 3.05) is 5.32 Å². The lowest BCUT2D eigenvalue weighted by Gasteiger charge is -2.08. The molecule has 0 atom stereocenters. The molecule has 3 aromatic rings. The second-order valence-electron chi connectivity index (χ2n) is 4.24. The van der Waals surface area contributed by atoms with Gasteiger partial charge in [-0.3, -0.25) is 0 Å². The highest BCUT2D eigenvalue weighted by Crippen LogP contribution is 2.24. The third kappa shape index (κ3) is 2.74. The van der Waals surface area contributed by atoms with Crippen LogP contribution >= 0.6 is 27.5 Å². The Kier molecular flexibility index (Phi) is 3.44. The van der Waals surface area contributed by atoms with Crippen molar-refractivity contribution in [2.24, 2.45) is 0 Å². The summed E-state index contributed by atoms with van der Waals surface area (Å²) in [5.74, 6) is 0. The third-order valence-corrected chi connectivity index (χ3v) is 3.64. The second kappa shape index (κ2) is 5.23. The van der Waals surface area contributed by atoms with Gasteiger partial charge in [-0.25, -0.2) is 4.98 Å². The third-order valence-electron chi connectivity index (χ3n) is 2.91. The van der Waals surface area contributed by atoms with Crippen molar-refractivity contribution in [3.05, 3.63) is 57.9 Å². The summed E-state index contributed by atoms with van der Waals surface area (Å²) in [7, 11) is 0. The quantitative estimate of drug-likeness (QED) is 0.687. The number of rotatable bonds is 3. The molecule has 2 aromatic heterocycles. The molecule has 0 bridgehead atoms. The van der Waals surface area contributed by atoms with Crippen molar-refractivity contribution >= 4 is 44.1 Å². The molecule has 0 aliphatic heterocycles. The van der Waals surface area contributed by atoms with Gasteiger partial charge in [0.15, 0.2) is 5.15 Å². The van der Waals surface area contributed by atoms with E-state index < -0.39 is 0 Å². The lowest BCUT2D eigenvalue weighted by Crippen LogP contribution is -2.00. The van der Waals surface area contributed by atoms with Crippen molar-refractivity contribution in [1.29, 1.82) is 0 Å². The van der Waals surface area contributed by atoms with Gasteiger partial charge in [0.2, 0.25) is 0 Å². The van der Waals surface area contributed by atoms with Crippen molar-refractivity contribution in [3.8, 4) is 0 Å². The normalized spacial score (nSPS) is 10.8. The Labute approximate surface area is 124 Å². The Morgan fingerprint density at radius 3 is 3.05 bits per heavy atom. The fourth-order valence-corrected chi connectivity index (χ4v) is 2.46. The number of fused-ring (bicyclic) bond motifs is 1. The van der Waals surface area contributed by atoms with Crippen molar-refractivity contribution in [1.82, 2.24) is 9.97 Å². The Hall–Kier alpha value is -1.52. The van der Waals surface area contributed by atoms with Crippen LogP contribution in [-0.2, 0) is 6.54 Å². The topological polar surface area (TPSA) is 40.7 Å². The molecule has 0 unspecified atom stereocenters. The van der Waals surface area contributed by atoms with Gasteiger partial charge in [-0.2, -0.15) is 0 Å². The number of benzene rings is 1. The number of hydrogen-bond donors (Lipinski definition) is 2. The van der Waals surface area contributed by atoms with Crippen molar-refractivity contribution in [2.45, 2.75) is 6.54 Å². The van der Waals surface area contributed by atoms with Crippen LogP contribution in [0.25, 0.3) is 10.9 Å². The highest BCUT2D eigenvalue weighted by molar-refractivity contribution is 9.10. The van der Waals surface area contributed by atoms with Crippen molar-refractivity contribution in [3.63, 3.8) is 0 Å². The Morgan fingerprint density at radius 2 is 2.16 bits per heavy atom. The number of aromatic nitrogens is 2. The number of anilines is 1. The summed E-state index contributed by atoms with van der Waals surface area (Å²) < 4.78 is 0.903. The molecule has 2 N–H and O–H groups in total. The van der Waals surface area contributed by atoms with Gasteiger partial charge in [-0.15, -0.1) is 0 Å². The Morgan fingerprint density at radius 1 is 1.26 bits per heavy atom. The first-order chi connectivity index (χ1) is 9.22. The molecule has 0 fully saturated rings. The van der Waals surface area contributed by atoms with Crippen LogP contribution in [-0.4, -0.2) is 9.97 Å². The highest BCUT2D eigenvalue weighted by atomic mass is 79.9. The fraction of sp³-hybridized carbons (Fsp3) is 0.0714. The maximum atomic E-state index is 6.04. The van der Waals surface area contributed by atoms with Crippen LogP contribution in [0, 0.1) is 0 Å².